The Labute approximate surface area is 185 Å². The normalized spacial score (nSPS) is 19.5. The summed E-state index contributed by atoms with van der Waals surface area (Å²) in [5, 5.41) is 3.90. The van der Waals surface area contributed by atoms with Crippen molar-refractivity contribution < 1.29 is 24.1 Å². The number of thiophene rings is 2. The quantitative estimate of drug-likeness (QED) is 0.423. The molecule has 0 atom stereocenters. The minimum Gasteiger partial charge on any atom is -0.444 e. The van der Waals surface area contributed by atoms with Crippen LogP contribution in [0, 0.1) is 0 Å². The minimum absolute atomic E-state index is 0.0976. The number of nitrogens with zero attached hydrogens (tertiary/aromatic N) is 1. The first kappa shape index (κ1) is 22.8. The van der Waals surface area contributed by atoms with Crippen LogP contribution in [0.3, 0.4) is 0 Å². The smallest absolute Gasteiger partial charge is 0.410 e. The Balaban J connectivity index is 1.49. The summed E-state index contributed by atoms with van der Waals surface area (Å²) in [7, 11) is 1.77. The fourth-order valence-corrected chi connectivity index (χ4v) is 5.19. The molecule has 3 rings (SSSR count). The number of carbonyl (C=O) groups excluding carboxylic acids is 2. The zero-order valence-electron chi connectivity index (χ0n) is 17.8. The summed E-state index contributed by atoms with van der Waals surface area (Å²) in [6.45, 7) is 5.58. The fourth-order valence-electron chi connectivity index (χ4n) is 3.46. The standard InChI is InChI=1S/C22H29NO5S2/c1-22(2,3)26-21(25)23(4)15-9-11-16(12-10-15)27-28-20(24)19(17-7-5-13-29-17)18-8-6-14-30-18/h5-8,13-16,19H,9-12H2,1-4H3. The van der Waals surface area contributed by atoms with Crippen LogP contribution in [0.25, 0.3) is 0 Å². The van der Waals surface area contributed by atoms with E-state index in [9.17, 15) is 9.59 Å². The van der Waals surface area contributed by atoms with Crippen LogP contribution in [0.15, 0.2) is 35.0 Å². The van der Waals surface area contributed by atoms with Crippen LogP contribution in [0.5, 0.6) is 0 Å². The van der Waals surface area contributed by atoms with Gasteiger partial charge in [-0.1, -0.05) is 12.1 Å². The fraction of sp³-hybridized carbons (Fsp3) is 0.545. The zero-order chi connectivity index (χ0) is 21.7. The summed E-state index contributed by atoms with van der Waals surface area (Å²) in [6, 6.07) is 7.83. The summed E-state index contributed by atoms with van der Waals surface area (Å²) in [6.07, 6.45) is 2.51. The third-order valence-corrected chi connectivity index (χ3v) is 6.90. The molecule has 2 heterocycles. The van der Waals surface area contributed by atoms with E-state index in [-0.39, 0.29) is 18.2 Å². The molecule has 1 fully saturated rings. The van der Waals surface area contributed by atoms with Crippen molar-refractivity contribution in [2.45, 2.75) is 70.1 Å². The SMILES string of the molecule is CN(C(=O)OC(C)(C)C)C1CCC(OOC(=O)C(c2cccs2)c2cccs2)CC1. The second kappa shape index (κ2) is 9.94. The van der Waals surface area contributed by atoms with E-state index >= 15 is 0 Å². The average Bonchev–Trinajstić information content (AvgIpc) is 3.40. The van der Waals surface area contributed by atoms with Crippen LogP contribution in [-0.2, 0) is 19.3 Å². The second-order valence-electron chi connectivity index (χ2n) is 8.48. The largest absolute Gasteiger partial charge is 0.444 e. The molecule has 8 heteroatoms. The van der Waals surface area contributed by atoms with Crippen LogP contribution in [-0.4, -0.2) is 41.8 Å². The van der Waals surface area contributed by atoms with Crippen molar-refractivity contribution in [1.82, 2.24) is 4.90 Å². The summed E-state index contributed by atoms with van der Waals surface area (Å²) in [4.78, 5) is 39.4. The van der Waals surface area contributed by atoms with Gasteiger partial charge in [0.05, 0.1) is 0 Å². The third kappa shape index (κ3) is 6.06. The van der Waals surface area contributed by atoms with Crippen LogP contribution in [0.4, 0.5) is 4.79 Å². The molecule has 0 radical (unpaired) electrons. The van der Waals surface area contributed by atoms with E-state index in [1.807, 2.05) is 55.8 Å². The summed E-state index contributed by atoms with van der Waals surface area (Å²) < 4.78 is 5.44. The van der Waals surface area contributed by atoms with E-state index < -0.39 is 17.5 Å². The zero-order valence-corrected chi connectivity index (χ0v) is 19.5. The summed E-state index contributed by atoms with van der Waals surface area (Å²) in [5.41, 5.74) is -0.512. The van der Waals surface area contributed by atoms with Crippen LogP contribution in [0.1, 0.15) is 62.1 Å². The number of hydrogen-bond acceptors (Lipinski definition) is 7. The van der Waals surface area contributed by atoms with Crippen LogP contribution >= 0.6 is 22.7 Å². The van der Waals surface area contributed by atoms with Crippen LogP contribution in [0.2, 0.25) is 0 Å². The molecule has 0 N–H and O–H groups in total. The van der Waals surface area contributed by atoms with Crippen LogP contribution < -0.4 is 0 Å². The average molecular weight is 452 g/mol. The highest BCUT2D eigenvalue weighted by Gasteiger charge is 2.32. The molecule has 1 aliphatic carbocycles. The first-order valence-electron chi connectivity index (χ1n) is 10.1. The van der Waals surface area contributed by atoms with Gasteiger partial charge >= 0.3 is 12.1 Å². The van der Waals surface area contributed by atoms with Gasteiger partial charge in [0.1, 0.15) is 17.6 Å². The van der Waals surface area contributed by atoms with Crippen molar-refractivity contribution in [2.24, 2.45) is 0 Å². The van der Waals surface area contributed by atoms with E-state index in [0.717, 1.165) is 22.6 Å². The molecule has 2 aromatic rings. The van der Waals surface area contributed by atoms with Crippen molar-refractivity contribution in [3.8, 4) is 0 Å². The molecule has 1 amide bonds. The van der Waals surface area contributed by atoms with Crippen molar-refractivity contribution >= 4 is 34.7 Å². The van der Waals surface area contributed by atoms with E-state index in [2.05, 4.69) is 0 Å². The molecule has 1 aliphatic rings. The topological polar surface area (TPSA) is 65.1 Å². The highest BCUT2D eigenvalue weighted by molar-refractivity contribution is 7.11. The van der Waals surface area contributed by atoms with Crippen molar-refractivity contribution in [3.63, 3.8) is 0 Å². The van der Waals surface area contributed by atoms with Gasteiger partial charge in [-0.25, -0.2) is 9.59 Å². The number of rotatable bonds is 6. The number of hydrogen-bond donors (Lipinski definition) is 0. The van der Waals surface area contributed by atoms with Gasteiger partial charge in [-0.15, -0.1) is 22.7 Å². The molecular weight excluding hydrogens is 422 g/mol. The molecule has 1 saturated carbocycles. The molecule has 0 aromatic carbocycles. The van der Waals surface area contributed by atoms with Crippen molar-refractivity contribution in [2.75, 3.05) is 7.05 Å². The molecule has 0 aliphatic heterocycles. The third-order valence-electron chi connectivity index (χ3n) is 5.03. The van der Waals surface area contributed by atoms with Gasteiger partial charge in [0, 0.05) is 22.8 Å². The lowest BCUT2D eigenvalue weighted by atomic mass is 9.92. The summed E-state index contributed by atoms with van der Waals surface area (Å²) >= 11 is 3.06. The monoisotopic (exact) mass is 451 g/mol. The maximum absolute atomic E-state index is 12.8. The molecule has 0 spiro atoms. The Morgan fingerprint density at radius 1 is 1.03 bits per heavy atom. The number of ether oxygens (including phenoxy) is 1. The van der Waals surface area contributed by atoms with Gasteiger partial charge in [0.15, 0.2) is 0 Å². The van der Waals surface area contributed by atoms with Gasteiger partial charge in [-0.2, -0.15) is 4.89 Å². The molecule has 0 bridgehead atoms. The van der Waals surface area contributed by atoms with Crippen molar-refractivity contribution in [3.05, 3.63) is 44.8 Å². The van der Waals surface area contributed by atoms with E-state index in [0.29, 0.717) is 12.8 Å². The van der Waals surface area contributed by atoms with Gasteiger partial charge in [-0.05, 0) is 69.3 Å². The predicted octanol–water partition coefficient (Wildman–Crippen LogP) is 5.59. The van der Waals surface area contributed by atoms with Gasteiger partial charge in [0.25, 0.3) is 0 Å². The van der Waals surface area contributed by atoms with Gasteiger partial charge < -0.3 is 9.64 Å². The Bertz CT molecular complexity index is 771. The Morgan fingerprint density at radius 2 is 1.60 bits per heavy atom. The van der Waals surface area contributed by atoms with E-state index in [1.165, 1.54) is 22.7 Å². The van der Waals surface area contributed by atoms with E-state index in [1.54, 1.807) is 11.9 Å². The first-order chi connectivity index (χ1) is 14.2. The molecule has 6 nitrogen and oxygen atoms in total. The lowest BCUT2D eigenvalue weighted by molar-refractivity contribution is -0.303. The molecule has 0 unspecified atom stereocenters. The predicted molar refractivity (Wildman–Crippen MR) is 118 cm³/mol. The summed E-state index contributed by atoms with van der Waals surface area (Å²) in [5.74, 6) is -0.854. The Hall–Kier alpha value is -1.90. The molecule has 0 saturated heterocycles. The van der Waals surface area contributed by atoms with Gasteiger partial charge in [0.2, 0.25) is 0 Å². The second-order valence-corrected chi connectivity index (χ2v) is 10.4. The molecule has 2 aromatic heterocycles. The Morgan fingerprint density at radius 3 is 2.07 bits per heavy atom. The molecule has 164 valence electrons. The lowest BCUT2D eigenvalue weighted by Gasteiger charge is -2.34. The Kier molecular flexibility index (Phi) is 7.55. The lowest BCUT2D eigenvalue weighted by Crippen LogP contribution is -2.43. The highest BCUT2D eigenvalue weighted by atomic mass is 32.1. The first-order valence-corrected chi connectivity index (χ1v) is 11.9. The minimum atomic E-state index is -0.512. The highest BCUT2D eigenvalue weighted by Crippen LogP contribution is 2.33. The van der Waals surface area contributed by atoms with E-state index in [4.69, 9.17) is 14.5 Å². The maximum Gasteiger partial charge on any atom is 0.410 e. The van der Waals surface area contributed by atoms with Crippen molar-refractivity contribution in [1.29, 1.82) is 0 Å². The molecular formula is C22H29NO5S2. The van der Waals surface area contributed by atoms with Gasteiger partial charge in [-0.3, -0.25) is 4.89 Å². The molecule has 30 heavy (non-hydrogen) atoms. The number of amides is 1. The maximum atomic E-state index is 12.8. The number of carbonyl (C=O) groups is 2.